The smallest absolute Gasteiger partial charge is 0.181 e. The lowest BCUT2D eigenvalue weighted by Crippen LogP contribution is -2.00. The molecule has 0 aromatic rings. The molecular formula is C3H6Cl2OS. The van der Waals surface area contributed by atoms with Crippen molar-refractivity contribution >= 4 is 34.0 Å². The molecule has 0 bridgehead atoms. The van der Waals surface area contributed by atoms with Crippen LogP contribution in [0.25, 0.3) is 0 Å². The van der Waals surface area contributed by atoms with Crippen molar-refractivity contribution < 1.29 is 4.21 Å². The topological polar surface area (TPSA) is 17.1 Å². The fourth-order valence-corrected chi connectivity index (χ4v) is 1.13. The number of hydrogen-bond acceptors (Lipinski definition) is 1. The van der Waals surface area contributed by atoms with Gasteiger partial charge in [0.1, 0.15) is 0 Å². The van der Waals surface area contributed by atoms with Gasteiger partial charge in [-0.15, -0.1) is 0 Å². The van der Waals surface area contributed by atoms with Crippen molar-refractivity contribution in [3.8, 4) is 0 Å². The summed E-state index contributed by atoms with van der Waals surface area (Å²) in [4.78, 5) is 0. The van der Waals surface area contributed by atoms with Crippen LogP contribution in [0.1, 0.15) is 6.92 Å². The van der Waals surface area contributed by atoms with Gasteiger partial charge in [0.15, 0.2) is 4.17 Å². The van der Waals surface area contributed by atoms with Gasteiger partial charge in [-0.25, -0.2) is 0 Å². The predicted octanol–water partition coefficient (Wildman–Crippen LogP) is 1.52. The maximum absolute atomic E-state index is 10.4. The van der Waals surface area contributed by atoms with Crippen LogP contribution in [0.15, 0.2) is 0 Å². The van der Waals surface area contributed by atoms with Gasteiger partial charge in [0.25, 0.3) is 0 Å². The molecule has 0 amide bonds. The van der Waals surface area contributed by atoms with Gasteiger partial charge in [-0.1, -0.05) is 30.1 Å². The summed E-state index contributed by atoms with van der Waals surface area (Å²) in [7, 11) is -1.05. The maximum Gasteiger partial charge on any atom is 0.181 e. The van der Waals surface area contributed by atoms with E-state index >= 15 is 0 Å². The first kappa shape index (κ1) is 7.73. The molecule has 0 saturated heterocycles. The Morgan fingerprint density at radius 2 is 2.14 bits per heavy atom. The molecule has 44 valence electrons. The molecule has 4 heteroatoms. The summed E-state index contributed by atoms with van der Waals surface area (Å²) >= 11 is 10.4. The maximum atomic E-state index is 10.4. The van der Waals surface area contributed by atoms with Gasteiger partial charge < -0.3 is 0 Å². The van der Waals surface area contributed by atoms with E-state index in [1.165, 1.54) is 0 Å². The number of halogens is 2. The molecule has 0 rings (SSSR count). The Hall–Kier alpha value is 0.730. The monoisotopic (exact) mass is 160 g/mol. The summed E-state index contributed by atoms with van der Waals surface area (Å²) < 4.78 is 9.64. The Labute approximate surface area is 55.4 Å². The molecule has 0 saturated carbocycles. The minimum absolute atomic E-state index is 0.525. The second-order valence-corrected chi connectivity index (χ2v) is 4.35. The zero-order valence-corrected chi connectivity index (χ0v) is 6.19. The van der Waals surface area contributed by atoms with Crippen LogP contribution < -0.4 is 0 Å². The number of rotatable bonds is 2. The largest absolute Gasteiger partial charge is 0.257 e. The van der Waals surface area contributed by atoms with Crippen LogP contribution in [0.2, 0.25) is 0 Å². The van der Waals surface area contributed by atoms with Crippen molar-refractivity contribution in [2.45, 2.75) is 11.1 Å². The van der Waals surface area contributed by atoms with E-state index in [0.717, 1.165) is 0 Å². The first-order valence-corrected chi connectivity index (χ1v) is 4.09. The van der Waals surface area contributed by atoms with Crippen LogP contribution in [0, 0.1) is 0 Å². The molecule has 1 atom stereocenters. The molecule has 0 aliphatic carbocycles. The zero-order chi connectivity index (χ0) is 5.86. The summed E-state index contributed by atoms with van der Waals surface area (Å²) in [6.45, 7) is 1.77. The predicted molar refractivity (Wildman–Crippen MR) is 34.2 cm³/mol. The molecule has 0 aromatic heterocycles. The fourth-order valence-electron chi connectivity index (χ4n) is 0.126. The second kappa shape index (κ2) is 3.70. The third-order valence-electron chi connectivity index (χ3n) is 0.483. The molecule has 0 spiro atoms. The van der Waals surface area contributed by atoms with E-state index in [4.69, 9.17) is 23.2 Å². The molecule has 0 heterocycles. The second-order valence-electron chi connectivity index (χ2n) is 0.930. The summed E-state index contributed by atoms with van der Waals surface area (Å²) in [5.74, 6) is 0.525. The SMILES string of the molecule is CCS(=O)C(Cl)Cl. The summed E-state index contributed by atoms with van der Waals surface area (Å²) in [5, 5.41) is 0. The van der Waals surface area contributed by atoms with Crippen LogP contribution in [0.3, 0.4) is 0 Å². The summed E-state index contributed by atoms with van der Waals surface area (Å²) in [5.41, 5.74) is 0. The third kappa shape index (κ3) is 3.32. The fraction of sp³-hybridized carbons (Fsp3) is 1.00. The van der Waals surface area contributed by atoms with Gasteiger partial charge in [0, 0.05) is 5.75 Å². The lowest BCUT2D eigenvalue weighted by molar-refractivity contribution is 0.685. The Kier molecular flexibility index (Phi) is 4.08. The highest BCUT2D eigenvalue weighted by molar-refractivity contribution is 7.88. The lowest BCUT2D eigenvalue weighted by Gasteiger charge is -1.93. The summed E-state index contributed by atoms with van der Waals surface area (Å²) in [6.07, 6.45) is 0. The first-order chi connectivity index (χ1) is 3.18. The van der Waals surface area contributed by atoms with Crippen LogP contribution >= 0.6 is 23.2 Å². The number of alkyl halides is 2. The molecule has 7 heavy (non-hydrogen) atoms. The normalized spacial score (nSPS) is 14.9. The van der Waals surface area contributed by atoms with Gasteiger partial charge in [-0.05, 0) is 0 Å². The van der Waals surface area contributed by atoms with E-state index < -0.39 is 15.0 Å². The van der Waals surface area contributed by atoms with Gasteiger partial charge in [-0.3, -0.25) is 4.21 Å². The van der Waals surface area contributed by atoms with Crippen molar-refractivity contribution in [1.29, 1.82) is 0 Å². The van der Waals surface area contributed by atoms with Crippen molar-refractivity contribution in [2.75, 3.05) is 5.75 Å². The molecule has 0 fully saturated rings. The van der Waals surface area contributed by atoms with Crippen molar-refractivity contribution in [3.63, 3.8) is 0 Å². The molecule has 0 aliphatic heterocycles. The Morgan fingerprint density at radius 1 is 1.71 bits per heavy atom. The molecule has 0 aliphatic rings. The summed E-state index contributed by atoms with van der Waals surface area (Å²) in [6, 6.07) is 0. The molecule has 0 aromatic carbocycles. The van der Waals surface area contributed by atoms with Crippen molar-refractivity contribution in [3.05, 3.63) is 0 Å². The molecule has 0 N–H and O–H groups in total. The van der Waals surface area contributed by atoms with E-state index in [1.54, 1.807) is 6.92 Å². The van der Waals surface area contributed by atoms with Crippen LogP contribution in [-0.4, -0.2) is 14.1 Å². The number of hydrogen-bond donors (Lipinski definition) is 0. The van der Waals surface area contributed by atoms with Crippen LogP contribution in [0.5, 0.6) is 0 Å². The van der Waals surface area contributed by atoms with Gasteiger partial charge >= 0.3 is 0 Å². The lowest BCUT2D eigenvalue weighted by atomic mass is 11.0. The van der Waals surface area contributed by atoms with Gasteiger partial charge in [0.05, 0.1) is 10.8 Å². The highest BCUT2D eigenvalue weighted by Crippen LogP contribution is 2.05. The van der Waals surface area contributed by atoms with Gasteiger partial charge in [-0.2, -0.15) is 0 Å². The molecule has 0 radical (unpaired) electrons. The minimum Gasteiger partial charge on any atom is -0.257 e. The van der Waals surface area contributed by atoms with Crippen LogP contribution in [-0.2, 0) is 10.8 Å². The average molecular weight is 161 g/mol. The van der Waals surface area contributed by atoms with Crippen molar-refractivity contribution in [2.24, 2.45) is 0 Å². The Balaban J connectivity index is 3.35. The standard InChI is InChI=1S/C3H6Cl2OS/c1-2-7(6)3(4)5/h3H,2H2,1H3. The molecular weight excluding hydrogens is 155 g/mol. The van der Waals surface area contributed by atoms with E-state index in [0.29, 0.717) is 5.75 Å². The van der Waals surface area contributed by atoms with Crippen LogP contribution in [0.4, 0.5) is 0 Å². The van der Waals surface area contributed by atoms with E-state index in [9.17, 15) is 4.21 Å². The molecule has 1 unspecified atom stereocenters. The Morgan fingerprint density at radius 3 is 2.14 bits per heavy atom. The van der Waals surface area contributed by atoms with Crippen molar-refractivity contribution in [1.82, 2.24) is 0 Å². The minimum atomic E-state index is -1.05. The Bertz CT molecular complexity index is 73.3. The highest BCUT2D eigenvalue weighted by atomic mass is 35.5. The third-order valence-corrected chi connectivity index (χ3v) is 2.64. The first-order valence-electron chi connectivity index (χ1n) is 1.83. The highest BCUT2D eigenvalue weighted by Gasteiger charge is 2.03. The van der Waals surface area contributed by atoms with Gasteiger partial charge in [0.2, 0.25) is 0 Å². The zero-order valence-electron chi connectivity index (χ0n) is 3.86. The quantitative estimate of drug-likeness (QED) is 0.561. The van der Waals surface area contributed by atoms with E-state index in [1.807, 2.05) is 0 Å². The average Bonchev–Trinajstić information content (AvgIpc) is 1.65. The van der Waals surface area contributed by atoms with E-state index in [2.05, 4.69) is 0 Å². The van der Waals surface area contributed by atoms with E-state index in [-0.39, 0.29) is 0 Å². The molecule has 1 nitrogen and oxygen atoms in total.